The Balaban J connectivity index is 3.07. The van der Waals surface area contributed by atoms with Crippen molar-refractivity contribution in [1.82, 2.24) is 9.80 Å². The van der Waals surface area contributed by atoms with Gasteiger partial charge in [-0.15, -0.1) is 0 Å². The highest BCUT2D eigenvalue weighted by atomic mass is 15.1. The summed E-state index contributed by atoms with van der Waals surface area (Å²) in [4.78, 5) is 4.74. The van der Waals surface area contributed by atoms with E-state index in [9.17, 15) is 0 Å². The van der Waals surface area contributed by atoms with Crippen LogP contribution in [-0.4, -0.2) is 50.6 Å². The zero-order valence-electron chi connectivity index (χ0n) is 16.9. The summed E-state index contributed by atoms with van der Waals surface area (Å²) in [6.45, 7) is 5.94. The van der Waals surface area contributed by atoms with Gasteiger partial charge in [-0.2, -0.15) is 0 Å². The van der Waals surface area contributed by atoms with Crippen molar-refractivity contribution in [2.45, 2.75) is 96.8 Å². The standard InChI is InChI=1S/C21H46N2/c1-5-6-7-8-9-10-11-12-13-14-15-16-17-18-19-23(4)21-20-22(2)3/h5-21H2,1-4H3. The molecule has 0 unspecified atom stereocenters. The predicted molar refractivity (Wildman–Crippen MR) is 106 cm³/mol. The van der Waals surface area contributed by atoms with Gasteiger partial charge in [-0.1, -0.05) is 90.4 Å². The van der Waals surface area contributed by atoms with Crippen LogP contribution in [0.2, 0.25) is 0 Å². The molecule has 0 N–H and O–H groups in total. The lowest BCUT2D eigenvalue weighted by Gasteiger charge is -2.19. The van der Waals surface area contributed by atoms with Crippen molar-refractivity contribution in [2.24, 2.45) is 0 Å². The molecule has 0 heterocycles. The number of unbranched alkanes of at least 4 members (excludes halogenated alkanes) is 13. The molecule has 140 valence electrons. The minimum atomic E-state index is 1.18. The fraction of sp³-hybridized carbons (Fsp3) is 1.00. The second kappa shape index (κ2) is 18.3. The molecule has 0 fully saturated rings. The fourth-order valence-electron chi connectivity index (χ4n) is 3.06. The summed E-state index contributed by atoms with van der Waals surface area (Å²) in [5, 5.41) is 0. The highest BCUT2D eigenvalue weighted by Gasteiger charge is 1.99. The first kappa shape index (κ1) is 22.9. The monoisotopic (exact) mass is 326 g/mol. The first-order valence-electron chi connectivity index (χ1n) is 10.5. The maximum absolute atomic E-state index is 2.47. The molecule has 0 spiro atoms. The average molecular weight is 327 g/mol. The number of nitrogens with zero attached hydrogens (tertiary/aromatic N) is 2. The van der Waals surface area contributed by atoms with Gasteiger partial charge in [0.05, 0.1) is 0 Å². The van der Waals surface area contributed by atoms with Crippen molar-refractivity contribution in [2.75, 3.05) is 40.8 Å². The molecule has 0 aromatic rings. The Morgan fingerprint density at radius 1 is 0.435 bits per heavy atom. The lowest BCUT2D eigenvalue weighted by molar-refractivity contribution is 0.277. The molecule has 0 amide bonds. The van der Waals surface area contributed by atoms with Crippen LogP contribution in [0.15, 0.2) is 0 Å². The van der Waals surface area contributed by atoms with Crippen LogP contribution in [-0.2, 0) is 0 Å². The molecule has 0 bridgehead atoms. The van der Waals surface area contributed by atoms with E-state index in [1.54, 1.807) is 0 Å². The van der Waals surface area contributed by atoms with Crippen LogP contribution in [0.25, 0.3) is 0 Å². The van der Waals surface area contributed by atoms with Gasteiger partial charge in [-0.05, 0) is 34.1 Å². The van der Waals surface area contributed by atoms with E-state index >= 15 is 0 Å². The molecule has 0 aliphatic carbocycles. The quantitative estimate of drug-likeness (QED) is 0.287. The summed E-state index contributed by atoms with van der Waals surface area (Å²) in [5.74, 6) is 0. The van der Waals surface area contributed by atoms with E-state index in [-0.39, 0.29) is 0 Å². The third-order valence-electron chi connectivity index (χ3n) is 4.82. The molecule has 0 aromatic heterocycles. The molecule has 0 radical (unpaired) electrons. The number of likely N-dealkylation sites (N-methyl/N-ethyl adjacent to an activating group) is 2. The number of rotatable bonds is 18. The van der Waals surface area contributed by atoms with Crippen LogP contribution in [0, 0.1) is 0 Å². The minimum absolute atomic E-state index is 1.18. The number of hydrogen-bond acceptors (Lipinski definition) is 2. The molecular formula is C21H46N2. The van der Waals surface area contributed by atoms with E-state index < -0.39 is 0 Å². The summed E-state index contributed by atoms with van der Waals surface area (Å²) in [6.07, 6.45) is 20.3. The summed E-state index contributed by atoms with van der Waals surface area (Å²) in [7, 11) is 6.56. The van der Waals surface area contributed by atoms with Crippen molar-refractivity contribution in [3.8, 4) is 0 Å². The summed E-state index contributed by atoms with van der Waals surface area (Å²) in [5.41, 5.74) is 0. The predicted octanol–water partition coefficient (Wildman–Crippen LogP) is 5.96. The van der Waals surface area contributed by atoms with Gasteiger partial charge in [0.2, 0.25) is 0 Å². The van der Waals surface area contributed by atoms with Crippen molar-refractivity contribution in [1.29, 1.82) is 0 Å². The maximum atomic E-state index is 2.47. The highest BCUT2D eigenvalue weighted by molar-refractivity contribution is 4.55. The Morgan fingerprint density at radius 3 is 1.22 bits per heavy atom. The third kappa shape index (κ3) is 19.9. The van der Waals surface area contributed by atoms with Gasteiger partial charge < -0.3 is 9.80 Å². The van der Waals surface area contributed by atoms with E-state index in [1.165, 1.54) is 110 Å². The Bertz CT molecular complexity index is 216. The normalized spacial score (nSPS) is 11.7. The Labute approximate surface area is 148 Å². The van der Waals surface area contributed by atoms with E-state index in [1.807, 2.05) is 0 Å². The largest absolute Gasteiger partial charge is 0.308 e. The fourth-order valence-corrected chi connectivity index (χ4v) is 3.06. The minimum Gasteiger partial charge on any atom is -0.308 e. The maximum Gasteiger partial charge on any atom is 0.0106 e. The van der Waals surface area contributed by atoms with Crippen LogP contribution >= 0.6 is 0 Å². The first-order chi connectivity index (χ1) is 11.2. The molecule has 0 aromatic carbocycles. The molecule has 0 rings (SSSR count). The zero-order valence-corrected chi connectivity index (χ0v) is 16.9. The summed E-state index contributed by atoms with van der Waals surface area (Å²) in [6, 6.07) is 0. The third-order valence-corrected chi connectivity index (χ3v) is 4.82. The van der Waals surface area contributed by atoms with Gasteiger partial charge >= 0.3 is 0 Å². The lowest BCUT2D eigenvalue weighted by atomic mass is 10.0. The molecule has 23 heavy (non-hydrogen) atoms. The molecule has 0 aliphatic rings. The van der Waals surface area contributed by atoms with Gasteiger partial charge in [0.15, 0.2) is 0 Å². The second-order valence-corrected chi connectivity index (χ2v) is 7.70. The van der Waals surface area contributed by atoms with Gasteiger partial charge in [0.25, 0.3) is 0 Å². The van der Waals surface area contributed by atoms with E-state index in [0.717, 1.165) is 0 Å². The van der Waals surface area contributed by atoms with E-state index in [0.29, 0.717) is 0 Å². The number of hydrogen-bond donors (Lipinski definition) is 0. The Hall–Kier alpha value is -0.0800. The molecule has 2 heteroatoms. The van der Waals surface area contributed by atoms with Crippen molar-refractivity contribution < 1.29 is 0 Å². The summed E-state index contributed by atoms with van der Waals surface area (Å²) < 4.78 is 0. The van der Waals surface area contributed by atoms with Crippen LogP contribution in [0.3, 0.4) is 0 Å². The summed E-state index contributed by atoms with van der Waals surface area (Å²) >= 11 is 0. The van der Waals surface area contributed by atoms with Crippen molar-refractivity contribution in [3.63, 3.8) is 0 Å². The topological polar surface area (TPSA) is 6.48 Å². The molecule has 0 saturated heterocycles. The molecule has 0 aliphatic heterocycles. The molecule has 0 atom stereocenters. The van der Waals surface area contributed by atoms with Crippen LogP contribution < -0.4 is 0 Å². The van der Waals surface area contributed by atoms with E-state index in [2.05, 4.69) is 37.9 Å². The molecule has 2 nitrogen and oxygen atoms in total. The molecule has 0 saturated carbocycles. The van der Waals surface area contributed by atoms with E-state index in [4.69, 9.17) is 0 Å². The Kier molecular flexibility index (Phi) is 18.2. The van der Waals surface area contributed by atoms with Crippen LogP contribution in [0.5, 0.6) is 0 Å². The highest BCUT2D eigenvalue weighted by Crippen LogP contribution is 2.12. The smallest absolute Gasteiger partial charge is 0.0106 e. The first-order valence-corrected chi connectivity index (χ1v) is 10.5. The van der Waals surface area contributed by atoms with Gasteiger partial charge in [0.1, 0.15) is 0 Å². The van der Waals surface area contributed by atoms with Gasteiger partial charge in [0, 0.05) is 13.1 Å². The van der Waals surface area contributed by atoms with Crippen molar-refractivity contribution in [3.05, 3.63) is 0 Å². The Morgan fingerprint density at radius 2 is 0.826 bits per heavy atom. The van der Waals surface area contributed by atoms with Crippen LogP contribution in [0.1, 0.15) is 96.8 Å². The lowest BCUT2D eigenvalue weighted by Crippen LogP contribution is -2.29. The zero-order chi connectivity index (χ0) is 17.2. The van der Waals surface area contributed by atoms with Gasteiger partial charge in [-0.3, -0.25) is 0 Å². The average Bonchev–Trinajstić information content (AvgIpc) is 2.53. The SMILES string of the molecule is CCCCCCCCCCCCCCCCN(C)CCN(C)C. The van der Waals surface area contributed by atoms with Crippen molar-refractivity contribution >= 4 is 0 Å². The van der Waals surface area contributed by atoms with Crippen LogP contribution in [0.4, 0.5) is 0 Å². The second-order valence-electron chi connectivity index (χ2n) is 7.70. The van der Waals surface area contributed by atoms with Gasteiger partial charge in [-0.25, -0.2) is 0 Å². The molecular weight excluding hydrogens is 280 g/mol.